The van der Waals surface area contributed by atoms with E-state index in [-0.39, 0.29) is 0 Å². The number of para-hydroxylation sites is 1. The molecule has 0 fully saturated rings. The molecule has 0 spiro atoms. The van der Waals surface area contributed by atoms with E-state index in [9.17, 15) is 4.79 Å². The SMILES string of the molecule is CC(C)CN(CC(C)C)c1c(Cl)cccc1/C=C/C(=O)O. The van der Waals surface area contributed by atoms with Crippen LogP contribution < -0.4 is 4.90 Å². The van der Waals surface area contributed by atoms with Crippen molar-refractivity contribution in [2.24, 2.45) is 11.8 Å². The van der Waals surface area contributed by atoms with Gasteiger partial charge in [0.15, 0.2) is 0 Å². The number of aliphatic carboxylic acids is 1. The highest BCUT2D eigenvalue weighted by Crippen LogP contribution is 2.32. The molecule has 0 radical (unpaired) electrons. The van der Waals surface area contributed by atoms with Gasteiger partial charge in [-0.25, -0.2) is 4.79 Å². The highest BCUT2D eigenvalue weighted by Gasteiger charge is 2.16. The van der Waals surface area contributed by atoms with E-state index >= 15 is 0 Å². The van der Waals surface area contributed by atoms with Gasteiger partial charge in [0, 0.05) is 19.2 Å². The number of nitrogens with zero attached hydrogens (tertiary/aromatic N) is 1. The maximum atomic E-state index is 10.8. The molecular weight excluding hydrogens is 286 g/mol. The zero-order valence-corrected chi connectivity index (χ0v) is 13.9. The number of rotatable bonds is 7. The van der Waals surface area contributed by atoms with Gasteiger partial charge in [-0.15, -0.1) is 0 Å². The molecule has 3 nitrogen and oxygen atoms in total. The maximum Gasteiger partial charge on any atom is 0.328 e. The van der Waals surface area contributed by atoms with Crippen LogP contribution in [0, 0.1) is 11.8 Å². The molecule has 0 heterocycles. The van der Waals surface area contributed by atoms with Crippen molar-refractivity contribution in [2.45, 2.75) is 27.7 Å². The number of hydrogen-bond acceptors (Lipinski definition) is 2. The Balaban J connectivity index is 3.24. The number of hydrogen-bond donors (Lipinski definition) is 1. The summed E-state index contributed by atoms with van der Waals surface area (Å²) in [5, 5.41) is 9.49. The summed E-state index contributed by atoms with van der Waals surface area (Å²) >= 11 is 6.38. The van der Waals surface area contributed by atoms with Crippen molar-refractivity contribution in [3.63, 3.8) is 0 Å². The summed E-state index contributed by atoms with van der Waals surface area (Å²) in [6.07, 6.45) is 2.76. The first-order valence-corrected chi connectivity index (χ1v) is 7.63. The third-order valence-corrected chi connectivity index (χ3v) is 3.22. The van der Waals surface area contributed by atoms with Crippen molar-refractivity contribution in [2.75, 3.05) is 18.0 Å². The Bertz CT molecular complexity index is 500. The van der Waals surface area contributed by atoms with Crippen LogP contribution in [0.2, 0.25) is 5.02 Å². The summed E-state index contributed by atoms with van der Waals surface area (Å²) in [5.41, 5.74) is 1.75. The van der Waals surface area contributed by atoms with Crippen LogP contribution >= 0.6 is 11.6 Å². The lowest BCUT2D eigenvalue weighted by molar-refractivity contribution is -0.131. The molecule has 0 saturated carbocycles. The average Bonchev–Trinajstić information content (AvgIpc) is 2.34. The van der Waals surface area contributed by atoms with Crippen molar-refractivity contribution >= 4 is 29.3 Å². The van der Waals surface area contributed by atoms with Gasteiger partial charge < -0.3 is 10.0 Å². The molecule has 0 aliphatic rings. The van der Waals surface area contributed by atoms with E-state index in [1.54, 1.807) is 6.08 Å². The average molecular weight is 310 g/mol. The monoisotopic (exact) mass is 309 g/mol. The van der Waals surface area contributed by atoms with Crippen molar-refractivity contribution in [3.05, 3.63) is 34.9 Å². The fraction of sp³-hybridized carbons (Fsp3) is 0.471. The van der Waals surface area contributed by atoms with Crippen LogP contribution in [0.4, 0.5) is 5.69 Å². The molecular formula is C17H24ClNO2. The molecule has 1 aromatic rings. The fourth-order valence-electron chi connectivity index (χ4n) is 2.30. The first kappa shape index (κ1) is 17.6. The normalized spacial score (nSPS) is 11.6. The lowest BCUT2D eigenvalue weighted by atomic mass is 10.1. The highest BCUT2D eigenvalue weighted by atomic mass is 35.5. The minimum atomic E-state index is -0.958. The van der Waals surface area contributed by atoms with E-state index in [0.29, 0.717) is 16.9 Å². The molecule has 0 aliphatic carbocycles. The summed E-state index contributed by atoms with van der Waals surface area (Å²) in [5.74, 6) is 0.0350. The number of carboxylic acids is 1. The largest absolute Gasteiger partial charge is 0.478 e. The van der Waals surface area contributed by atoms with Crippen molar-refractivity contribution in [1.82, 2.24) is 0 Å². The zero-order valence-electron chi connectivity index (χ0n) is 13.1. The number of anilines is 1. The fourth-order valence-corrected chi connectivity index (χ4v) is 2.60. The number of benzene rings is 1. The molecule has 0 bridgehead atoms. The Hall–Kier alpha value is -1.48. The van der Waals surface area contributed by atoms with Gasteiger partial charge in [-0.3, -0.25) is 0 Å². The molecule has 0 amide bonds. The van der Waals surface area contributed by atoms with Gasteiger partial charge in [-0.1, -0.05) is 51.4 Å². The quantitative estimate of drug-likeness (QED) is 0.751. The highest BCUT2D eigenvalue weighted by molar-refractivity contribution is 6.33. The first-order valence-electron chi connectivity index (χ1n) is 7.25. The van der Waals surface area contributed by atoms with E-state index in [1.165, 1.54) is 0 Å². The van der Waals surface area contributed by atoms with Crippen LogP contribution in [-0.4, -0.2) is 24.2 Å². The number of carboxylic acid groups (broad SMARTS) is 1. The van der Waals surface area contributed by atoms with E-state index in [2.05, 4.69) is 32.6 Å². The van der Waals surface area contributed by atoms with Crippen LogP contribution in [0.25, 0.3) is 6.08 Å². The summed E-state index contributed by atoms with van der Waals surface area (Å²) in [4.78, 5) is 13.0. The van der Waals surface area contributed by atoms with Crippen molar-refractivity contribution in [1.29, 1.82) is 0 Å². The number of carbonyl (C=O) groups is 1. The first-order chi connectivity index (χ1) is 9.81. The lowest BCUT2D eigenvalue weighted by Gasteiger charge is -2.30. The Morgan fingerprint density at radius 3 is 2.29 bits per heavy atom. The Kier molecular flexibility index (Phi) is 6.76. The molecule has 1 rings (SSSR count). The van der Waals surface area contributed by atoms with Crippen molar-refractivity contribution in [3.8, 4) is 0 Å². The molecule has 4 heteroatoms. The minimum Gasteiger partial charge on any atom is -0.478 e. The molecule has 21 heavy (non-hydrogen) atoms. The third-order valence-electron chi connectivity index (χ3n) is 2.91. The van der Waals surface area contributed by atoms with E-state index in [4.69, 9.17) is 16.7 Å². The molecule has 0 saturated heterocycles. The molecule has 1 aromatic carbocycles. The maximum absolute atomic E-state index is 10.8. The van der Waals surface area contributed by atoms with Crippen LogP contribution in [-0.2, 0) is 4.79 Å². The summed E-state index contributed by atoms with van der Waals surface area (Å²) in [7, 11) is 0. The van der Waals surface area contributed by atoms with Crippen LogP contribution in [0.5, 0.6) is 0 Å². The second-order valence-corrected chi connectivity index (χ2v) is 6.45. The van der Waals surface area contributed by atoms with Gasteiger partial charge in [-0.2, -0.15) is 0 Å². The Labute approximate surface area is 132 Å². The molecule has 0 unspecified atom stereocenters. The summed E-state index contributed by atoms with van der Waals surface area (Å²) < 4.78 is 0. The second-order valence-electron chi connectivity index (χ2n) is 6.04. The van der Waals surface area contributed by atoms with Crippen molar-refractivity contribution < 1.29 is 9.90 Å². The third kappa shape index (κ3) is 5.80. The molecule has 0 atom stereocenters. The smallest absolute Gasteiger partial charge is 0.328 e. The van der Waals surface area contributed by atoms with Crippen LogP contribution in [0.3, 0.4) is 0 Å². The van der Waals surface area contributed by atoms with Gasteiger partial charge in [0.25, 0.3) is 0 Å². The second kappa shape index (κ2) is 8.08. The van der Waals surface area contributed by atoms with E-state index in [1.807, 2.05) is 18.2 Å². The van der Waals surface area contributed by atoms with E-state index < -0.39 is 5.97 Å². The summed E-state index contributed by atoms with van der Waals surface area (Å²) in [6.45, 7) is 10.4. The van der Waals surface area contributed by atoms with Gasteiger partial charge in [-0.05, 0) is 29.5 Å². The van der Waals surface area contributed by atoms with Gasteiger partial charge >= 0.3 is 5.97 Å². The van der Waals surface area contributed by atoms with Gasteiger partial charge in [0.2, 0.25) is 0 Å². The van der Waals surface area contributed by atoms with E-state index in [0.717, 1.165) is 30.4 Å². The molecule has 116 valence electrons. The number of halogens is 1. The Morgan fingerprint density at radius 1 is 1.24 bits per heavy atom. The topological polar surface area (TPSA) is 40.5 Å². The molecule has 0 aromatic heterocycles. The zero-order chi connectivity index (χ0) is 16.0. The molecule has 0 aliphatic heterocycles. The predicted molar refractivity (Wildman–Crippen MR) is 90.0 cm³/mol. The van der Waals surface area contributed by atoms with Crippen LogP contribution in [0.15, 0.2) is 24.3 Å². The standard InChI is InChI=1S/C17H24ClNO2/c1-12(2)10-19(11-13(3)4)17-14(8-9-16(20)21)6-5-7-15(17)18/h5-9,12-13H,10-11H2,1-4H3,(H,20,21)/b9-8+. The van der Waals surface area contributed by atoms with Gasteiger partial charge in [0.1, 0.15) is 0 Å². The predicted octanol–water partition coefficient (Wildman–Crippen LogP) is 4.56. The van der Waals surface area contributed by atoms with Gasteiger partial charge in [0.05, 0.1) is 10.7 Å². The minimum absolute atomic E-state index is 0.497. The Morgan fingerprint density at radius 2 is 1.81 bits per heavy atom. The summed E-state index contributed by atoms with van der Waals surface area (Å²) in [6, 6.07) is 5.59. The van der Waals surface area contributed by atoms with Crippen LogP contribution in [0.1, 0.15) is 33.3 Å². The molecule has 1 N–H and O–H groups in total. The lowest BCUT2D eigenvalue weighted by Crippen LogP contribution is -2.32.